The molecule has 3 amide bonds. The standard InChI is InChI=1S/C20H24N4O3S/c25-18(19(26)22-15-16-5-2-1-3-6-16)21-8-9-23-10-12-24(13-11-23)20(27)17-7-4-14-28-17/h1-7,14H,8-13,15H2,(H,21,25)(H,22,26). The van der Waals surface area contributed by atoms with E-state index in [1.165, 1.54) is 11.3 Å². The maximum Gasteiger partial charge on any atom is 0.309 e. The van der Waals surface area contributed by atoms with Gasteiger partial charge in [-0.15, -0.1) is 11.3 Å². The highest BCUT2D eigenvalue weighted by atomic mass is 32.1. The second-order valence-electron chi connectivity index (χ2n) is 6.54. The summed E-state index contributed by atoms with van der Waals surface area (Å²) in [5.74, 6) is -1.17. The summed E-state index contributed by atoms with van der Waals surface area (Å²) in [5, 5.41) is 7.17. The molecule has 8 heteroatoms. The smallest absolute Gasteiger partial charge is 0.309 e. The highest BCUT2D eigenvalue weighted by molar-refractivity contribution is 7.12. The molecule has 0 spiro atoms. The van der Waals surface area contributed by atoms with Crippen LogP contribution in [0, 0.1) is 0 Å². The predicted molar refractivity (Wildman–Crippen MR) is 108 cm³/mol. The third-order valence-electron chi connectivity index (χ3n) is 4.61. The van der Waals surface area contributed by atoms with Crippen LogP contribution >= 0.6 is 11.3 Å². The summed E-state index contributed by atoms with van der Waals surface area (Å²) in [6.45, 7) is 4.23. The van der Waals surface area contributed by atoms with E-state index in [0.717, 1.165) is 23.5 Å². The van der Waals surface area contributed by atoms with Crippen molar-refractivity contribution in [2.75, 3.05) is 39.3 Å². The Morgan fingerprint density at radius 1 is 0.893 bits per heavy atom. The van der Waals surface area contributed by atoms with Crippen LogP contribution in [0.25, 0.3) is 0 Å². The molecule has 1 aliphatic rings. The van der Waals surface area contributed by atoms with E-state index in [1.54, 1.807) is 0 Å². The third-order valence-corrected chi connectivity index (χ3v) is 5.47. The number of thiophene rings is 1. The average Bonchev–Trinajstić information content (AvgIpc) is 3.27. The van der Waals surface area contributed by atoms with Gasteiger partial charge in [0, 0.05) is 45.8 Å². The number of piperazine rings is 1. The number of benzene rings is 1. The van der Waals surface area contributed by atoms with Crippen molar-refractivity contribution in [2.45, 2.75) is 6.54 Å². The zero-order valence-electron chi connectivity index (χ0n) is 15.6. The first-order valence-corrected chi connectivity index (χ1v) is 10.2. The van der Waals surface area contributed by atoms with Crippen LogP contribution in [0.5, 0.6) is 0 Å². The molecule has 0 aliphatic carbocycles. The Kier molecular flexibility index (Phi) is 7.16. The lowest BCUT2D eigenvalue weighted by Crippen LogP contribution is -2.50. The molecule has 0 atom stereocenters. The molecule has 1 aromatic carbocycles. The number of carbonyl (C=O) groups excluding carboxylic acids is 3. The maximum absolute atomic E-state index is 12.3. The largest absolute Gasteiger partial charge is 0.347 e. The third kappa shape index (κ3) is 5.64. The van der Waals surface area contributed by atoms with Gasteiger partial charge in [-0.3, -0.25) is 19.3 Å². The van der Waals surface area contributed by atoms with Gasteiger partial charge in [0.2, 0.25) is 0 Å². The molecule has 2 N–H and O–H groups in total. The number of carbonyl (C=O) groups is 3. The van der Waals surface area contributed by atoms with Crippen molar-refractivity contribution < 1.29 is 14.4 Å². The lowest BCUT2D eigenvalue weighted by atomic mass is 10.2. The summed E-state index contributed by atoms with van der Waals surface area (Å²) in [7, 11) is 0. The molecule has 0 radical (unpaired) electrons. The topological polar surface area (TPSA) is 81.8 Å². The average molecular weight is 401 g/mol. The second-order valence-corrected chi connectivity index (χ2v) is 7.48. The normalized spacial score (nSPS) is 14.5. The number of nitrogens with zero attached hydrogens (tertiary/aromatic N) is 2. The molecule has 1 aliphatic heterocycles. The van der Waals surface area contributed by atoms with Crippen molar-refractivity contribution in [1.82, 2.24) is 20.4 Å². The van der Waals surface area contributed by atoms with E-state index in [4.69, 9.17) is 0 Å². The molecule has 0 saturated carbocycles. The van der Waals surface area contributed by atoms with E-state index in [1.807, 2.05) is 52.7 Å². The van der Waals surface area contributed by atoms with Crippen LogP contribution in [0.2, 0.25) is 0 Å². The van der Waals surface area contributed by atoms with Crippen molar-refractivity contribution >= 4 is 29.1 Å². The molecule has 1 aromatic heterocycles. The molecule has 3 rings (SSSR count). The summed E-state index contributed by atoms with van der Waals surface area (Å²) < 4.78 is 0. The fraction of sp³-hybridized carbons (Fsp3) is 0.350. The highest BCUT2D eigenvalue weighted by Crippen LogP contribution is 2.13. The van der Waals surface area contributed by atoms with Gasteiger partial charge in [-0.25, -0.2) is 0 Å². The molecular formula is C20H24N4O3S. The maximum atomic E-state index is 12.3. The first-order valence-electron chi connectivity index (χ1n) is 9.28. The van der Waals surface area contributed by atoms with Crippen molar-refractivity contribution in [3.05, 3.63) is 58.3 Å². The molecule has 1 fully saturated rings. The minimum Gasteiger partial charge on any atom is -0.347 e. The minimum atomic E-state index is -0.629. The predicted octanol–water partition coefficient (Wildman–Crippen LogP) is 0.939. The zero-order chi connectivity index (χ0) is 19.8. The molecular weight excluding hydrogens is 376 g/mol. The molecule has 7 nitrogen and oxygen atoms in total. The molecule has 0 bridgehead atoms. The van der Waals surface area contributed by atoms with E-state index in [9.17, 15) is 14.4 Å². The van der Waals surface area contributed by atoms with Crippen molar-refractivity contribution in [3.63, 3.8) is 0 Å². The van der Waals surface area contributed by atoms with Gasteiger partial charge in [0.25, 0.3) is 5.91 Å². The van der Waals surface area contributed by atoms with E-state index in [2.05, 4.69) is 15.5 Å². The SMILES string of the molecule is O=C(NCCN1CCN(C(=O)c2cccs2)CC1)C(=O)NCc1ccccc1. The van der Waals surface area contributed by atoms with Gasteiger partial charge in [-0.2, -0.15) is 0 Å². The Morgan fingerprint density at radius 3 is 2.29 bits per heavy atom. The van der Waals surface area contributed by atoms with Gasteiger partial charge in [-0.1, -0.05) is 36.4 Å². The van der Waals surface area contributed by atoms with Crippen LogP contribution in [-0.2, 0) is 16.1 Å². The van der Waals surface area contributed by atoms with Gasteiger partial charge in [0.05, 0.1) is 4.88 Å². The molecule has 0 unspecified atom stereocenters. The van der Waals surface area contributed by atoms with Crippen LogP contribution < -0.4 is 10.6 Å². The van der Waals surface area contributed by atoms with Crippen LogP contribution in [0.4, 0.5) is 0 Å². The van der Waals surface area contributed by atoms with Crippen LogP contribution in [0.1, 0.15) is 15.2 Å². The van der Waals surface area contributed by atoms with Gasteiger partial charge in [0.1, 0.15) is 0 Å². The minimum absolute atomic E-state index is 0.0815. The van der Waals surface area contributed by atoms with Crippen molar-refractivity contribution in [2.24, 2.45) is 0 Å². The van der Waals surface area contributed by atoms with E-state index in [-0.39, 0.29) is 5.91 Å². The highest BCUT2D eigenvalue weighted by Gasteiger charge is 2.22. The quantitative estimate of drug-likeness (QED) is 0.707. The summed E-state index contributed by atoms with van der Waals surface area (Å²) in [6.07, 6.45) is 0. The molecule has 28 heavy (non-hydrogen) atoms. The van der Waals surface area contributed by atoms with Crippen molar-refractivity contribution in [1.29, 1.82) is 0 Å². The van der Waals surface area contributed by atoms with Crippen LogP contribution in [0.3, 0.4) is 0 Å². The summed E-state index contributed by atoms with van der Waals surface area (Å²) >= 11 is 1.46. The molecule has 1 saturated heterocycles. The van der Waals surface area contributed by atoms with Crippen LogP contribution in [0.15, 0.2) is 47.8 Å². The summed E-state index contributed by atoms with van der Waals surface area (Å²) in [5.41, 5.74) is 0.943. The first-order chi connectivity index (χ1) is 13.6. The fourth-order valence-electron chi connectivity index (χ4n) is 3.00. The number of amides is 3. The monoisotopic (exact) mass is 400 g/mol. The van der Waals surface area contributed by atoms with Crippen LogP contribution in [-0.4, -0.2) is 66.8 Å². The molecule has 2 heterocycles. The van der Waals surface area contributed by atoms with E-state index in [0.29, 0.717) is 32.7 Å². The number of hydrogen-bond donors (Lipinski definition) is 2. The Morgan fingerprint density at radius 2 is 1.61 bits per heavy atom. The van der Waals surface area contributed by atoms with Gasteiger partial charge in [0.15, 0.2) is 0 Å². The van der Waals surface area contributed by atoms with Crippen molar-refractivity contribution in [3.8, 4) is 0 Å². The number of rotatable bonds is 6. The lowest BCUT2D eigenvalue weighted by molar-refractivity contribution is -0.139. The van der Waals surface area contributed by atoms with Gasteiger partial charge in [-0.05, 0) is 17.0 Å². The number of hydrogen-bond acceptors (Lipinski definition) is 5. The molecule has 148 valence electrons. The second kappa shape index (κ2) is 10.0. The Hall–Kier alpha value is -2.71. The summed E-state index contributed by atoms with van der Waals surface area (Å²) in [6, 6.07) is 13.2. The molecule has 2 aromatic rings. The Bertz CT molecular complexity index is 787. The fourth-order valence-corrected chi connectivity index (χ4v) is 3.69. The Labute approximate surface area is 168 Å². The van der Waals surface area contributed by atoms with E-state index < -0.39 is 11.8 Å². The van der Waals surface area contributed by atoms with Gasteiger partial charge < -0.3 is 15.5 Å². The van der Waals surface area contributed by atoms with E-state index >= 15 is 0 Å². The first kappa shape index (κ1) is 20.0. The lowest BCUT2D eigenvalue weighted by Gasteiger charge is -2.34. The number of nitrogens with one attached hydrogen (secondary N) is 2. The summed E-state index contributed by atoms with van der Waals surface area (Å²) in [4.78, 5) is 40.9. The Balaban J connectivity index is 1.31. The van der Waals surface area contributed by atoms with Gasteiger partial charge >= 0.3 is 11.8 Å². The zero-order valence-corrected chi connectivity index (χ0v) is 16.4.